The maximum absolute atomic E-state index is 5.72. The monoisotopic (exact) mass is 456 g/mol. The van der Waals surface area contributed by atoms with E-state index in [1.165, 1.54) is 128 Å². The zero-order chi connectivity index (χ0) is 23.8. The van der Waals surface area contributed by atoms with Gasteiger partial charge in [0.2, 0.25) is 0 Å². The third-order valence-corrected chi connectivity index (χ3v) is 7.17. The topological polar surface area (TPSA) is 27.7 Å². The zero-order valence-electron chi connectivity index (χ0n) is 22.9. The van der Waals surface area contributed by atoms with Crippen molar-refractivity contribution in [3.05, 3.63) is 0 Å². The molecule has 1 atom stereocenters. The van der Waals surface area contributed by atoms with E-state index in [1.54, 1.807) is 21.3 Å². The number of unbranched alkanes of at least 4 members (excludes halogenated alkanes) is 18. The van der Waals surface area contributed by atoms with Gasteiger partial charge in [-0.2, -0.15) is 0 Å². The molecule has 0 N–H and O–H groups in total. The minimum atomic E-state index is -0.875. The normalized spacial score (nSPS) is 13.0. The van der Waals surface area contributed by atoms with Gasteiger partial charge in [0.15, 0.2) is 0 Å². The Morgan fingerprint density at radius 3 is 0.906 bits per heavy atom. The van der Waals surface area contributed by atoms with Gasteiger partial charge in [0.1, 0.15) is 0 Å². The third-order valence-electron chi connectivity index (χ3n) is 7.17. The summed E-state index contributed by atoms with van der Waals surface area (Å²) in [5, 5.41) is 0. The van der Waals surface area contributed by atoms with Crippen LogP contribution < -0.4 is 0 Å². The molecule has 0 rings (SSSR count). The Kier molecular flexibility index (Phi) is 23.9. The molecule has 0 heterocycles. The van der Waals surface area contributed by atoms with Crippen LogP contribution in [-0.4, -0.2) is 27.3 Å². The van der Waals surface area contributed by atoms with Crippen LogP contribution in [0.3, 0.4) is 0 Å². The lowest BCUT2D eigenvalue weighted by atomic mass is 9.91. The van der Waals surface area contributed by atoms with Crippen LogP contribution in [0.4, 0.5) is 0 Å². The molecule has 0 radical (unpaired) electrons. The van der Waals surface area contributed by atoms with Gasteiger partial charge >= 0.3 is 0 Å². The standard InChI is InChI=1S/C29H60O3/c1-6-8-10-12-14-15-16-17-18-19-20-21-23-25-27-28(29(30-3,31-4)32-5)26-24-22-13-11-9-7-2/h28H,6-27H2,1-5H3. The predicted octanol–water partition coefficient (Wildman–Crippen LogP) is 9.82. The van der Waals surface area contributed by atoms with Gasteiger partial charge in [-0.15, -0.1) is 0 Å². The lowest BCUT2D eigenvalue weighted by Crippen LogP contribution is -2.44. The molecule has 3 nitrogen and oxygen atoms in total. The Balaban J connectivity index is 3.91. The Labute approximate surface area is 202 Å². The Morgan fingerprint density at radius 1 is 0.406 bits per heavy atom. The van der Waals surface area contributed by atoms with Gasteiger partial charge in [-0.05, 0) is 12.8 Å². The zero-order valence-corrected chi connectivity index (χ0v) is 22.9. The summed E-state index contributed by atoms with van der Waals surface area (Å²) in [7, 11) is 5.14. The van der Waals surface area contributed by atoms with Crippen LogP contribution in [0.25, 0.3) is 0 Å². The molecule has 3 heteroatoms. The van der Waals surface area contributed by atoms with E-state index >= 15 is 0 Å². The molecule has 0 aliphatic rings. The van der Waals surface area contributed by atoms with E-state index < -0.39 is 5.97 Å². The van der Waals surface area contributed by atoms with E-state index in [-0.39, 0.29) is 0 Å². The van der Waals surface area contributed by atoms with Crippen LogP contribution in [0.5, 0.6) is 0 Å². The van der Waals surface area contributed by atoms with Gasteiger partial charge in [-0.1, -0.05) is 142 Å². The van der Waals surface area contributed by atoms with E-state index in [4.69, 9.17) is 14.2 Å². The Bertz CT molecular complexity index is 346. The highest BCUT2D eigenvalue weighted by Gasteiger charge is 2.39. The maximum atomic E-state index is 5.72. The maximum Gasteiger partial charge on any atom is 0.285 e. The summed E-state index contributed by atoms with van der Waals surface area (Å²) >= 11 is 0. The SMILES string of the molecule is CCCCCCCCCCCCCCCCC(CCCCCCCC)C(OC)(OC)OC. The van der Waals surface area contributed by atoms with Crippen molar-refractivity contribution < 1.29 is 14.2 Å². The molecule has 0 aromatic carbocycles. The number of hydrogen-bond acceptors (Lipinski definition) is 3. The van der Waals surface area contributed by atoms with Crippen LogP contribution in [0.15, 0.2) is 0 Å². The first-order valence-corrected chi connectivity index (χ1v) is 14.4. The smallest absolute Gasteiger partial charge is 0.285 e. The summed E-state index contributed by atoms with van der Waals surface area (Å²) in [6, 6.07) is 0. The molecular formula is C29H60O3. The van der Waals surface area contributed by atoms with Gasteiger partial charge in [0.05, 0.1) is 0 Å². The summed E-state index contributed by atoms with van der Waals surface area (Å²) in [4.78, 5) is 0. The van der Waals surface area contributed by atoms with Crippen LogP contribution >= 0.6 is 0 Å². The number of ether oxygens (including phenoxy) is 3. The Hall–Kier alpha value is -0.120. The van der Waals surface area contributed by atoms with Gasteiger partial charge < -0.3 is 14.2 Å². The largest absolute Gasteiger partial charge is 0.331 e. The molecule has 0 aliphatic carbocycles. The van der Waals surface area contributed by atoms with E-state index in [9.17, 15) is 0 Å². The highest BCUT2D eigenvalue weighted by molar-refractivity contribution is 4.72. The molecule has 0 aliphatic heterocycles. The minimum Gasteiger partial charge on any atom is -0.331 e. The molecule has 0 saturated carbocycles. The molecule has 194 valence electrons. The molecule has 0 amide bonds. The molecule has 0 aromatic heterocycles. The quantitative estimate of drug-likeness (QED) is 0.0957. The van der Waals surface area contributed by atoms with Crippen LogP contribution in [0.2, 0.25) is 0 Å². The molecule has 0 aromatic rings. The second kappa shape index (κ2) is 24.0. The lowest BCUT2D eigenvalue weighted by molar-refractivity contribution is -0.380. The average molecular weight is 457 g/mol. The van der Waals surface area contributed by atoms with Crippen molar-refractivity contribution in [3.63, 3.8) is 0 Å². The summed E-state index contributed by atoms with van der Waals surface area (Å²) in [6.45, 7) is 4.57. The molecule has 32 heavy (non-hydrogen) atoms. The highest BCUT2D eigenvalue weighted by atomic mass is 16.9. The van der Waals surface area contributed by atoms with Crippen LogP contribution in [0.1, 0.15) is 155 Å². The second-order valence-corrected chi connectivity index (χ2v) is 9.85. The van der Waals surface area contributed by atoms with Crippen molar-refractivity contribution in [2.45, 2.75) is 161 Å². The highest BCUT2D eigenvalue weighted by Crippen LogP contribution is 2.33. The predicted molar refractivity (Wildman–Crippen MR) is 140 cm³/mol. The van der Waals surface area contributed by atoms with Crippen molar-refractivity contribution in [1.29, 1.82) is 0 Å². The number of methoxy groups -OCH3 is 3. The van der Waals surface area contributed by atoms with Gasteiger partial charge in [0, 0.05) is 27.2 Å². The molecule has 0 fully saturated rings. The van der Waals surface area contributed by atoms with Crippen molar-refractivity contribution in [3.8, 4) is 0 Å². The molecule has 0 saturated heterocycles. The first-order valence-electron chi connectivity index (χ1n) is 14.4. The lowest BCUT2D eigenvalue weighted by Gasteiger charge is -2.36. The van der Waals surface area contributed by atoms with Crippen molar-refractivity contribution in [2.75, 3.05) is 21.3 Å². The van der Waals surface area contributed by atoms with Crippen LogP contribution in [-0.2, 0) is 14.2 Å². The molecule has 0 spiro atoms. The van der Waals surface area contributed by atoms with Gasteiger partial charge in [0.25, 0.3) is 5.97 Å². The van der Waals surface area contributed by atoms with Crippen molar-refractivity contribution >= 4 is 0 Å². The van der Waals surface area contributed by atoms with E-state index in [0.717, 1.165) is 12.8 Å². The number of rotatable bonds is 26. The summed E-state index contributed by atoms with van der Waals surface area (Å²) < 4.78 is 17.2. The van der Waals surface area contributed by atoms with E-state index in [0.29, 0.717) is 5.92 Å². The van der Waals surface area contributed by atoms with Gasteiger partial charge in [-0.25, -0.2) is 0 Å². The summed E-state index contributed by atoms with van der Waals surface area (Å²) in [5.41, 5.74) is 0. The fourth-order valence-corrected chi connectivity index (χ4v) is 5.00. The molecule has 1 unspecified atom stereocenters. The third kappa shape index (κ3) is 16.5. The van der Waals surface area contributed by atoms with Crippen molar-refractivity contribution in [2.24, 2.45) is 5.92 Å². The average Bonchev–Trinajstić information content (AvgIpc) is 2.82. The number of hydrogen-bond donors (Lipinski definition) is 0. The molecular weight excluding hydrogens is 396 g/mol. The van der Waals surface area contributed by atoms with Crippen LogP contribution in [0, 0.1) is 5.92 Å². The van der Waals surface area contributed by atoms with E-state index in [1.807, 2.05) is 0 Å². The Morgan fingerprint density at radius 2 is 0.656 bits per heavy atom. The first kappa shape index (κ1) is 31.9. The fourth-order valence-electron chi connectivity index (χ4n) is 5.00. The molecule has 0 bridgehead atoms. The summed E-state index contributed by atoms with van der Waals surface area (Å²) in [5.74, 6) is -0.564. The minimum absolute atomic E-state index is 0.311. The van der Waals surface area contributed by atoms with E-state index in [2.05, 4.69) is 13.8 Å². The first-order chi connectivity index (χ1) is 15.7. The summed E-state index contributed by atoms with van der Waals surface area (Å²) in [6.07, 6.45) is 29.8. The van der Waals surface area contributed by atoms with Gasteiger partial charge in [-0.3, -0.25) is 0 Å². The van der Waals surface area contributed by atoms with Crippen molar-refractivity contribution in [1.82, 2.24) is 0 Å². The second-order valence-electron chi connectivity index (χ2n) is 9.85. The fraction of sp³-hybridized carbons (Fsp3) is 1.00.